The van der Waals surface area contributed by atoms with Gasteiger partial charge >= 0.3 is 0 Å². The fourth-order valence-corrected chi connectivity index (χ4v) is 12.9. The molecule has 5 heterocycles. The Kier molecular flexibility index (Phi) is 53.8. The molecule has 10 aromatic carbocycles. The Balaban J connectivity index is 0.000000751. The van der Waals surface area contributed by atoms with Gasteiger partial charge in [-0.1, -0.05) is 167 Å². The molecule has 20 heteroatoms. The van der Waals surface area contributed by atoms with E-state index in [0.717, 1.165) is 61.9 Å². The Hall–Kier alpha value is -11.5. The van der Waals surface area contributed by atoms with Crippen LogP contribution in [0.4, 0.5) is 0 Å². The first-order chi connectivity index (χ1) is 60.2. The van der Waals surface area contributed by atoms with E-state index in [2.05, 4.69) is 296 Å². The molecule has 0 aliphatic heterocycles. The molecule has 0 saturated carbocycles. The van der Waals surface area contributed by atoms with Gasteiger partial charge in [-0.3, -0.25) is 24.0 Å². The van der Waals surface area contributed by atoms with Gasteiger partial charge in [-0.05, 0) is 217 Å². The van der Waals surface area contributed by atoms with Gasteiger partial charge in [-0.15, -0.1) is 176 Å². The standard InChI is InChI=1S/2C18H16N.3C17H14N.5C5H8O2.5Ir/c1-12-4-6-14(3)16(10-12)18-17-11-13(2)5-7-15(17)8-9-19-18;1-12-7-8-15-9-10-19-18(17(15)11-12)16-6-4-5-13(2)14(16)3;1-12-3-7-15(8-4-12)17-16-11-13(2)5-6-14(16)9-10-18-17;1-12-4-3-5-15(10-12)17-16-11-13(2)6-7-14(16)8-9-18-17;1-12-7-8-14-9-10-18-17(16(14)11-12)15-6-4-3-5-13(15)2;5*1-4(6)3-5(2)7;;;;;/h4-9,11H,1-3H3;4-5,7-11H,1-3H3;3-7,9-11H,1-2H3;3-4,6-11H,1-2H3;3-5,7-11H,1-2H3;5*3,6H,1-2H3;;;;;/q5*-1;;;;;;;;;;. The molecule has 0 saturated heterocycles. The molecule has 0 aliphatic rings. The minimum Gasteiger partial charge on any atom is -0.512 e. The van der Waals surface area contributed by atoms with Gasteiger partial charge in [-0.25, -0.2) is 0 Å². The van der Waals surface area contributed by atoms with Crippen molar-refractivity contribution < 1.29 is 150 Å². The van der Waals surface area contributed by atoms with Crippen molar-refractivity contribution in [3.05, 3.63) is 387 Å². The first-order valence-electron chi connectivity index (χ1n) is 41.3. The molecule has 5 radical (unpaired) electrons. The molecule has 15 rings (SSSR count). The Bertz CT molecular complexity index is 6290. The first-order valence-corrected chi connectivity index (χ1v) is 41.3. The number of aromatic nitrogens is 5. The second kappa shape index (κ2) is 59.8. The third-order valence-electron chi connectivity index (χ3n) is 18.7. The molecule has 697 valence electrons. The number of carbonyl (C=O) groups excluding carboxylic acids is 5. The number of fused-ring (bicyclic) bond motifs is 5. The molecule has 15 aromatic rings. The van der Waals surface area contributed by atoms with Crippen LogP contribution in [0.1, 0.15) is 136 Å². The summed E-state index contributed by atoms with van der Waals surface area (Å²) in [5.41, 5.74) is 25.4. The summed E-state index contributed by atoms with van der Waals surface area (Å²) in [4.78, 5) is 72.9. The molecular formula is C112H114Ir5N5O10-5. The van der Waals surface area contributed by atoms with Crippen LogP contribution in [0.25, 0.3) is 110 Å². The number of ketones is 5. The predicted molar refractivity (Wildman–Crippen MR) is 522 cm³/mol. The summed E-state index contributed by atoms with van der Waals surface area (Å²) >= 11 is 0. The van der Waals surface area contributed by atoms with Crippen LogP contribution in [-0.4, -0.2) is 79.4 Å². The second-order valence-corrected chi connectivity index (χ2v) is 31.1. The predicted octanol–water partition coefficient (Wildman–Crippen LogP) is 27.4. The van der Waals surface area contributed by atoms with Gasteiger partial charge in [0.05, 0.1) is 28.8 Å². The van der Waals surface area contributed by atoms with E-state index in [9.17, 15) is 24.0 Å². The van der Waals surface area contributed by atoms with Gasteiger partial charge in [0.2, 0.25) is 0 Å². The molecule has 0 aliphatic carbocycles. The number of hydrogen-bond donors (Lipinski definition) is 5. The Morgan fingerprint density at radius 3 is 0.879 bits per heavy atom. The molecular weight excluding hydrogens is 2540 g/mol. The van der Waals surface area contributed by atoms with E-state index in [0.29, 0.717) is 0 Å². The number of aryl methyl sites for hydroxylation is 11. The number of carbonyl (C=O) groups is 5. The van der Waals surface area contributed by atoms with E-state index in [1.165, 1.54) is 215 Å². The van der Waals surface area contributed by atoms with Gasteiger partial charge in [0.1, 0.15) is 0 Å². The number of pyridine rings is 5. The van der Waals surface area contributed by atoms with Crippen molar-refractivity contribution in [1.82, 2.24) is 24.9 Å². The van der Waals surface area contributed by atoms with E-state index in [4.69, 9.17) is 25.5 Å². The second-order valence-electron chi connectivity index (χ2n) is 31.1. The van der Waals surface area contributed by atoms with Crippen LogP contribution in [0.3, 0.4) is 0 Å². The third-order valence-corrected chi connectivity index (χ3v) is 18.7. The Morgan fingerprint density at radius 2 is 0.561 bits per heavy atom. The van der Waals surface area contributed by atoms with Crippen molar-refractivity contribution in [3.63, 3.8) is 0 Å². The number of benzene rings is 10. The fraction of sp³-hybridized carbons (Fsp3) is 0.196. The van der Waals surface area contributed by atoms with Gasteiger partial charge in [0.15, 0.2) is 28.9 Å². The summed E-state index contributed by atoms with van der Waals surface area (Å²) < 4.78 is 0. The van der Waals surface area contributed by atoms with Crippen molar-refractivity contribution in [2.24, 2.45) is 0 Å². The number of aliphatic hydroxyl groups is 5. The molecule has 132 heavy (non-hydrogen) atoms. The van der Waals surface area contributed by atoms with Crippen molar-refractivity contribution in [3.8, 4) is 56.3 Å². The van der Waals surface area contributed by atoms with Gasteiger partial charge in [-0.2, -0.15) is 0 Å². The minimum absolute atomic E-state index is 0. The van der Waals surface area contributed by atoms with Crippen LogP contribution in [0.5, 0.6) is 0 Å². The number of hydrogen-bond acceptors (Lipinski definition) is 15. The molecule has 0 fully saturated rings. The summed E-state index contributed by atoms with van der Waals surface area (Å²) in [5, 5.41) is 53.9. The Labute approximate surface area is 846 Å². The van der Waals surface area contributed by atoms with Crippen molar-refractivity contribution in [1.29, 1.82) is 0 Å². The minimum atomic E-state index is -0.125. The van der Waals surface area contributed by atoms with Crippen LogP contribution in [-0.2, 0) is 124 Å². The fourth-order valence-electron chi connectivity index (χ4n) is 12.9. The normalized spacial score (nSPS) is 10.6. The largest absolute Gasteiger partial charge is 0.512 e. The zero-order chi connectivity index (χ0) is 93.7. The number of allylic oxidation sites excluding steroid dienone is 10. The van der Waals surface area contributed by atoms with Crippen LogP contribution in [0, 0.1) is 113 Å². The number of nitrogens with zero attached hydrogens (tertiary/aromatic N) is 5. The van der Waals surface area contributed by atoms with E-state index < -0.39 is 0 Å². The molecule has 0 atom stereocenters. The average Bonchev–Trinajstić information content (AvgIpc) is 0.740. The van der Waals surface area contributed by atoms with Crippen LogP contribution < -0.4 is 0 Å². The molecule has 0 bridgehead atoms. The van der Waals surface area contributed by atoms with E-state index >= 15 is 0 Å². The first kappa shape index (κ1) is 119. The number of aliphatic hydroxyl groups excluding tert-OH is 5. The third kappa shape index (κ3) is 40.3. The van der Waals surface area contributed by atoms with Crippen molar-refractivity contribution in [2.75, 3.05) is 0 Å². The topological polar surface area (TPSA) is 251 Å². The summed E-state index contributed by atoms with van der Waals surface area (Å²) in [6, 6.07) is 86.0. The molecule has 15 nitrogen and oxygen atoms in total. The summed E-state index contributed by atoms with van der Waals surface area (Å²) in [7, 11) is 0. The average molecular weight is 2650 g/mol. The maximum absolute atomic E-state index is 10.0. The SMILES string of the molecule is CC(=O)C=C(C)O.CC(=O)C=C(C)O.CC(=O)C=C(C)O.CC(=O)C=C(C)O.CC(=O)C=C(C)O.Cc1[c-]c(-c2nccc3ccc(C)cc23)c(C)cc1.Cc1c[c-]c(-c2nccc3ccc(C)cc23)cc1.Cc1cc[c-]c(-c2nccc3ccc(C)cc23)c1.Cc1ccc2ccnc(-c3[c-]ccc(C)c3C)c2c1.Cc1ccc2ccnc(-c3[c-]cccc3C)c2c1.[Ir].[Ir].[Ir].[Ir].[Ir]. The monoisotopic (exact) mass is 2650 g/mol. The number of rotatable bonds is 10. The van der Waals surface area contributed by atoms with Crippen molar-refractivity contribution in [2.45, 2.75) is 152 Å². The zero-order valence-electron chi connectivity index (χ0n) is 78.5. The van der Waals surface area contributed by atoms with E-state index in [1.807, 2.05) is 73.4 Å². The van der Waals surface area contributed by atoms with E-state index in [-0.39, 0.29) is 158 Å². The van der Waals surface area contributed by atoms with Crippen LogP contribution in [0.15, 0.2) is 290 Å². The van der Waals surface area contributed by atoms with Crippen molar-refractivity contribution >= 4 is 82.8 Å². The molecule has 5 aromatic heterocycles. The quantitative estimate of drug-likeness (QED) is 0.0485. The maximum Gasteiger partial charge on any atom is 0.155 e. The maximum atomic E-state index is 10.0. The zero-order valence-corrected chi connectivity index (χ0v) is 90.5. The van der Waals surface area contributed by atoms with E-state index in [1.54, 1.807) is 0 Å². The summed E-state index contributed by atoms with van der Waals surface area (Å²) in [6.07, 6.45) is 15.2. The summed E-state index contributed by atoms with van der Waals surface area (Å²) in [5.74, 6) is -0.312. The van der Waals surface area contributed by atoms with Gasteiger partial charge < -0.3 is 50.5 Å². The smallest absolute Gasteiger partial charge is 0.155 e. The summed E-state index contributed by atoms with van der Waals surface area (Å²) in [6.45, 7) is 39.5. The van der Waals surface area contributed by atoms with Crippen LogP contribution in [0.2, 0.25) is 0 Å². The molecule has 0 unspecified atom stereocenters. The van der Waals surface area contributed by atoms with Gasteiger partial charge in [0.25, 0.3) is 0 Å². The molecule has 0 spiro atoms. The molecule has 5 N–H and O–H groups in total. The molecule has 0 amide bonds. The van der Waals surface area contributed by atoms with Crippen LogP contribution >= 0.6 is 0 Å². The van der Waals surface area contributed by atoms with Gasteiger partial charge in [0, 0.05) is 162 Å². The Morgan fingerprint density at radius 1 is 0.265 bits per heavy atom.